The summed E-state index contributed by atoms with van der Waals surface area (Å²) in [5.74, 6) is 1.38. The van der Waals surface area contributed by atoms with Crippen LogP contribution in [0.5, 0.6) is 5.75 Å². The fourth-order valence-electron chi connectivity index (χ4n) is 5.11. The maximum atomic E-state index is 13.1. The molecule has 2 aliphatic carbocycles. The lowest BCUT2D eigenvalue weighted by atomic mass is 9.86. The molecule has 1 aromatic rings. The first-order chi connectivity index (χ1) is 17.4. The molecule has 3 aliphatic rings. The van der Waals surface area contributed by atoms with Gasteiger partial charge in [0.25, 0.3) is 5.91 Å². The summed E-state index contributed by atoms with van der Waals surface area (Å²) in [5, 5.41) is 12.5. The van der Waals surface area contributed by atoms with E-state index >= 15 is 0 Å². The van der Waals surface area contributed by atoms with Gasteiger partial charge in [0.15, 0.2) is 5.76 Å². The van der Waals surface area contributed by atoms with Gasteiger partial charge < -0.3 is 24.6 Å². The maximum Gasteiger partial charge on any atom is 0.286 e. The van der Waals surface area contributed by atoms with Gasteiger partial charge in [-0.05, 0) is 74.3 Å². The number of amides is 1. The van der Waals surface area contributed by atoms with Gasteiger partial charge in [-0.1, -0.05) is 12.8 Å². The monoisotopic (exact) mass is 522 g/mol. The van der Waals surface area contributed by atoms with Gasteiger partial charge in [-0.2, -0.15) is 4.31 Å². The average molecular weight is 523 g/mol. The van der Waals surface area contributed by atoms with Crippen LogP contribution in [-0.4, -0.2) is 69.5 Å². The van der Waals surface area contributed by atoms with Gasteiger partial charge in [-0.15, -0.1) is 0 Å². The standard InChI is InChI=1S/C26H38N2O7S/c1-33-22-9-11-23(12-10-22)36(31,32)28(13-15-29)14-16-34-25-18-20(19-5-2-3-6-19)17-24(35-25)26(30)27-21-7-4-8-21/h9-12,17,19-21,25,29H,2-8,13-16,18H2,1H3,(H,27,30)/t20-,25+/m0/s1. The van der Waals surface area contributed by atoms with Crippen molar-refractivity contribution in [3.63, 3.8) is 0 Å². The highest BCUT2D eigenvalue weighted by Crippen LogP contribution is 2.38. The van der Waals surface area contributed by atoms with E-state index in [1.165, 1.54) is 36.4 Å². The third-order valence-corrected chi connectivity index (χ3v) is 9.36. The second-order valence-electron chi connectivity index (χ2n) is 9.80. The Morgan fingerprint density at radius 3 is 2.44 bits per heavy atom. The number of rotatable bonds is 12. The number of carbonyl (C=O) groups excluding carboxylic acids is 1. The Kier molecular flexibility index (Phi) is 9.27. The van der Waals surface area contributed by atoms with Crippen LogP contribution in [0.4, 0.5) is 0 Å². The zero-order valence-corrected chi connectivity index (χ0v) is 21.8. The zero-order valence-electron chi connectivity index (χ0n) is 20.9. The molecule has 0 unspecified atom stereocenters. The van der Waals surface area contributed by atoms with Crippen molar-refractivity contribution >= 4 is 15.9 Å². The molecule has 4 rings (SSSR count). The van der Waals surface area contributed by atoms with Crippen molar-refractivity contribution in [3.05, 3.63) is 36.1 Å². The Balaban J connectivity index is 1.38. The Bertz CT molecular complexity index is 1000. The molecule has 1 aromatic carbocycles. The summed E-state index contributed by atoms with van der Waals surface area (Å²) in [6.45, 7) is -0.235. The quantitative estimate of drug-likeness (QED) is 0.434. The molecule has 2 fully saturated rings. The van der Waals surface area contributed by atoms with E-state index < -0.39 is 16.3 Å². The molecule has 2 atom stereocenters. The van der Waals surface area contributed by atoms with Crippen LogP contribution >= 0.6 is 0 Å². The first-order valence-electron chi connectivity index (χ1n) is 13.0. The largest absolute Gasteiger partial charge is 0.497 e. The number of sulfonamides is 1. The molecule has 0 saturated heterocycles. The highest BCUT2D eigenvalue weighted by Gasteiger charge is 2.35. The van der Waals surface area contributed by atoms with E-state index in [1.807, 2.05) is 6.08 Å². The summed E-state index contributed by atoms with van der Waals surface area (Å²) in [6, 6.07) is 6.34. The number of aliphatic hydroxyl groups excluding tert-OH is 1. The SMILES string of the molecule is COc1ccc(S(=O)(=O)N(CCO)CCO[C@H]2C[C@@H](C3CCCC3)C=C(C(=O)NC3CCC3)O2)cc1. The van der Waals surface area contributed by atoms with Crippen molar-refractivity contribution in [1.29, 1.82) is 0 Å². The Morgan fingerprint density at radius 2 is 1.83 bits per heavy atom. The predicted octanol–water partition coefficient (Wildman–Crippen LogP) is 2.80. The van der Waals surface area contributed by atoms with E-state index in [0.717, 1.165) is 32.1 Å². The van der Waals surface area contributed by atoms with Crippen LogP contribution in [0.2, 0.25) is 0 Å². The van der Waals surface area contributed by atoms with Crippen LogP contribution in [0.1, 0.15) is 51.4 Å². The van der Waals surface area contributed by atoms with Crippen molar-refractivity contribution in [2.45, 2.75) is 68.6 Å². The average Bonchev–Trinajstić information content (AvgIpc) is 3.40. The number of allylic oxidation sites excluding steroid dienone is 1. The van der Waals surface area contributed by atoms with E-state index in [9.17, 15) is 18.3 Å². The van der Waals surface area contributed by atoms with Gasteiger partial charge in [-0.3, -0.25) is 4.79 Å². The highest BCUT2D eigenvalue weighted by atomic mass is 32.2. The number of hydrogen-bond donors (Lipinski definition) is 2. The molecule has 9 nitrogen and oxygen atoms in total. The number of hydrogen-bond acceptors (Lipinski definition) is 7. The minimum Gasteiger partial charge on any atom is -0.497 e. The molecule has 36 heavy (non-hydrogen) atoms. The Hall–Kier alpha value is -2.14. The van der Waals surface area contributed by atoms with Gasteiger partial charge >= 0.3 is 0 Å². The number of carbonyl (C=O) groups is 1. The van der Waals surface area contributed by atoms with Crippen LogP contribution < -0.4 is 10.1 Å². The molecule has 1 amide bonds. The fraction of sp³-hybridized carbons (Fsp3) is 0.654. The molecular formula is C26H38N2O7S. The van der Waals surface area contributed by atoms with Crippen molar-refractivity contribution in [1.82, 2.24) is 9.62 Å². The third kappa shape index (κ3) is 6.59. The maximum absolute atomic E-state index is 13.1. The van der Waals surface area contributed by atoms with E-state index in [4.69, 9.17) is 14.2 Å². The number of nitrogens with one attached hydrogen (secondary N) is 1. The van der Waals surface area contributed by atoms with Gasteiger partial charge in [0.05, 0.1) is 25.2 Å². The number of aliphatic hydroxyl groups is 1. The van der Waals surface area contributed by atoms with Gasteiger partial charge in [-0.25, -0.2) is 8.42 Å². The molecule has 1 heterocycles. The van der Waals surface area contributed by atoms with Crippen molar-refractivity contribution < 1.29 is 32.5 Å². The molecule has 1 aliphatic heterocycles. The number of benzene rings is 1. The van der Waals surface area contributed by atoms with Crippen LogP contribution in [0.15, 0.2) is 41.0 Å². The normalized spacial score (nSPS) is 23.1. The lowest BCUT2D eigenvalue weighted by Crippen LogP contribution is -2.43. The first-order valence-corrected chi connectivity index (χ1v) is 14.4. The minimum absolute atomic E-state index is 0.0518. The van der Waals surface area contributed by atoms with Crippen LogP contribution in [0.25, 0.3) is 0 Å². The Labute approximate surface area is 213 Å². The van der Waals surface area contributed by atoms with Crippen LogP contribution in [-0.2, 0) is 24.3 Å². The third-order valence-electron chi connectivity index (χ3n) is 7.45. The zero-order chi connectivity index (χ0) is 25.5. The summed E-state index contributed by atoms with van der Waals surface area (Å²) >= 11 is 0. The van der Waals surface area contributed by atoms with E-state index in [2.05, 4.69) is 5.32 Å². The van der Waals surface area contributed by atoms with E-state index in [0.29, 0.717) is 23.8 Å². The van der Waals surface area contributed by atoms with Crippen LogP contribution in [0.3, 0.4) is 0 Å². The molecule has 200 valence electrons. The molecule has 0 aromatic heterocycles. The molecular weight excluding hydrogens is 484 g/mol. The number of nitrogens with zero attached hydrogens (tertiary/aromatic N) is 1. The molecule has 0 spiro atoms. The predicted molar refractivity (Wildman–Crippen MR) is 134 cm³/mol. The summed E-state index contributed by atoms with van der Waals surface area (Å²) in [4.78, 5) is 12.9. The lowest BCUT2D eigenvalue weighted by Gasteiger charge is -2.33. The van der Waals surface area contributed by atoms with E-state index in [1.54, 1.807) is 12.1 Å². The van der Waals surface area contributed by atoms with Gasteiger partial charge in [0, 0.05) is 25.6 Å². The van der Waals surface area contributed by atoms with Crippen molar-refractivity contribution in [3.8, 4) is 5.75 Å². The summed E-state index contributed by atoms with van der Waals surface area (Å²) in [5.41, 5.74) is 0. The summed E-state index contributed by atoms with van der Waals surface area (Å²) in [6.07, 6.45) is 9.77. The summed E-state index contributed by atoms with van der Waals surface area (Å²) < 4.78 is 44.5. The molecule has 10 heteroatoms. The van der Waals surface area contributed by atoms with Crippen molar-refractivity contribution in [2.24, 2.45) is 11.8 Å². The second-order valence-corrected chi connectivity index (χ2v) is 11.7. The molecule has 2 N–H and O–H groups in total. The molecule has 0 radical (unpaired) electrons. The summed E-state index contributed by atoms with van der Waals surface area (Å²) in [7, 11) is -2.31. The lowest BCUT2D eigenvalue weighted by molar-refractivity contribution is -0.151. The highest BCUT2D eigenvalue weighted by molar-refractivity contribution is 7.89. The fourth-order valence-corrected chi connectivity index (χ4v) is 6.53. The number of methoxy groups -OCH3 is 1. The van der Waals surface area contributed by atoms with Gasteiger partial charge in [0.1, 0.15) is 5.75 Å². The van der Waals surface area contributed by atoms with Crippen molar-refractivity contribution in [2.75, 3.05) is 33.4 Å². The van der Waals surface area contributed by atoms with E-state index in [-0.39, 0.29) is 49.1 Å². The smallest absolute Gasteiger partial charge is 0.286 e. The van der Waals surface area contributed by atoms with Crippen LogP contribution in [0, 0.1) is 11.8 Å². The second kappa shape index (κ2) is 12.4. The molecule has 0 bridgehead atoms. The number of ether oxygens (including phenoxy) is 3. The van der Waals surface area contributed by atoms with Gasteiger partial charge in [0.2, 0.25) is 16.3 Å². The topological polar surface area (TPSA) is 114 Å². The molecule has 2 saturated carbocycles. The minimum atomic E-state index is -3.83. The Morgan fingerprint density at radius 1 is 1.11 bits per heavy atom. The first kappa shape index (κ1) is 26.9.